The first-order chi connectivity index (χ1) is 38.1. The standard InChI is InChI=1S/C69H45N7S/c70-68(74-67(48-26-11-4-12-27-48)71-42-43-18-5-1-6-19-43)75-57-37-35-49(40-55(57)62-52-29-16-14-21-45(52)33-38-58(62)75)53-30-17-31-54-61-51-28-15-13-20-44(51)34-39-59(61)76(65(53)54)69-72-56-36-32-50-41-60(46-22-7-2-8-23-46)77-66(50)63(56)64(73-69)47-24-9-3-10-25-47/h1-42,50,66,70H/b70-68?,71-42?,74-67-. The lowest BCUT2D eigenvalue weighted by Crippen LogP contribution is -2.15. The first-order valence-corrected chi connectivity index (χ1v) is 26.8. The second-order valence-corrected chi connectivity index (χ2v) is 20.9. The lowest BCUT2D eigenvalue weighted by atomic mass is 9.88. The molecule has 15 rings (SSSR count). The molecular formula is C69H45N7S. The fourth-order valence-electron chi connectivity index (χ4n) is 11.7. The van der Waals surface area contributed by atoms with Crippen molar-refractivity contribution in [1.82, 2.24) is 19.1 Å². The largest absolute Gasteiger partial charge is 0.278 e. The van der Waals surface area contributed by atoms with E-state index in [2.05, 4.69) is 193 Å². The normalized spacial score (nSPS) is 15.3. The Kier molecular flexibility index (Phi) is 10.6. The Morgan fingerprint density at radius 3 is 1.91 bits per heavy atom. The van der Waals surface area contributed by atoms with Crippen molar-refractivity contribution in [3.05, 3.63) is 271 Å². The number of hydrogen-bond acceptors (Lipinski definition) is 4. The number of allylic oxidation sites excluding steroid dienone is 2. The van der Waals surface area contributed by atoms with E-state index in [-0.39, 0.29) is 17.1 Å². The van der Waals surface area contributed by atoms with Crippen molar-refractivity contribution in [1.29, 1.82) is 5.41 Å². The van der Waals surface area contributed by atoms with E-state index in [9.17, 15) is 5.41 Å². The number of benzene rings is 10. The van der Waals surface area contributed by atoms with Crippen LogP contribution in [0.15, 0.2) is 253 Å². The number of nitrogens with one attached hydrogen (secondary N) is 1. The van der Waals surface area contributed by atoms with Crippen LogP contribution in [0.25, 0.3) is 104 Å². The molecule has 3 aromatic heterocycles. The van der Waals surface area contributed by atoms with E-state index < -0.39 is 0 Å². The van der Waals surface area contributed by atoms with Crippen LogP contribution in [0.4, 0.5) is 0 Å². The summed E-state index contributed by atoms with van der Waals surface area (Å²) in [4.78, 5) is 22.6. The van der Waals surface area contributed by atoms with Gasteiger partial charge in [0.2, 0.25) is 11.9 Å². The van der Waals surface area contributed by atoms with Gasteiger partial charge in [-0.05, 0) is 68.6 Å². The van der Waals surface area contributed by atoms with Gasteiger partial charge in [0.15, 0.2) is 5.84 Å². The van der Waals surface area contributed by atoms with Crippen molar-refractivity contribution in [3.8, 4) is 28.3 Å². The van der Waals surface area contributed by atoms with Crippen molar-refractivity contribution >= 4 is 106 Å². The van der Waals surface area contributed by atoms with Crippen molar-refractivity contribution in [2.75, 3.05) is 0 Å². The Hall–Kier alpha value is -9.76. The number of aromatic nitrogens is 4. The number of aliphatic imine (C=N–C) groups is 2. The Bertz CT molecular complexity index is 4670. The minimum Gasteiger partial charge on any atom is -0.278 e. The van der Waals surface area contributed by atoms with E-state index >= 15 is 0 Å². The molecule has 1 aliphatic heterocycles. The number of rotatable bonds is 6. The minimum atomic E-state index is 0.0634. The maximum absolute atomic E-state index is 9.87. The van der Waals surface area contributed by atoms with Crippen LogP contribution >= 0.6 is 11.8 Å². The fourth-order valence-corrected chi connectivity index (χ4v) is 13.2. The number of amidine groups is 1. The minimum absolute atomic E-state index is 0.0634. The van der Waals surface area contributed by atoms with Gasteiger partial charge < -0.3 is 0 Å². The van der Waals surface area contributed by atoms with Gasteiger partial charge >= 0.3 is 0 Å². The molecule has 362 valence electrons. The van der Waals surface area contributed by atoms with Crippen molar-refractivity contribution in [2.45, 2.75) is 5.25 Å². The summed E-state index contributed by atoms with van der Waals surface area (Å²) in [6, 6.07) is 80.4. The van der Waals surface area contributed by atoms with E-state index in [4.69, 9.17) is 20.0 Å². The molecule has 0 fully saturated rings. The summed E-state index contributed by atoms with van der Waals surface area (Å²) in [5.41, 5.74) is 13.0. The monoisotopic (exact) mass is 1000 g/mol. The maximum Gasteiger partial charge on any atom is 0.235 e. The average molecular weight is 1000 g/mol. The average Bonchev–Trinajstić information content (AvgIpc) is 4.37. The third-order valence-corrected chi connectivity index (χ3v) is 16.6. The van der Waals surface area contributed by atoms with Crippen molar-refractivity contribution in [2.24, 2.45) is 15.9 Å². The van der Waals surface area contributed by atoms with E-state index in [1.54, 1.807) is 0 Å². The van der Waals surface area contributed by atoms with Crippen LogP contribution in [0.1, 0.15) is 33.2 Å². The number of fused-ring (bicyclic) bond motifs is 13. The van der Waals surface area contributed by atoms with Crippen LogP contribution < -0.4 is 0 Å². The summed E-state index contributed by atoms with van der Waals surface area (Å²) < 4.78 is 4.28. The molecule has 0 amide bonds. The molecule has 4 heterocycles. The zero-order valence-corrected chi connectivity index (χ0v) is 42.3. The highest BCUT2D eigenvalue weighted by Gasteiger charge is 2.36. The number of para-hydroxylation sites is 1. The molecular weight excluding hydrogens is 959 g/mol. The summed E-state index contributed by atoms with van der Waals surface area (Å²) in [6.45, 7) is 0. The molecule has 0 radical (unpaired) electrons. The zero-order chi connectivity index (χ0) is 51.0. The quantitative estimate of drug-likeness (QED) is 0.133. The first kappa shape index (κ1) is 44.7. The van der Waals surface area contributed by atoms with Gasteiger partial charge in [-0.2, -0.15) is 4.99 Å². The van der Waals surface area contributed by atoms with Gasteiger partial charge in [0.1, 0.15) is 0 Å². The summed E-state index contributed by atoms with van der Waals surface area (Å²) in [6.07, 6.45) is 8.77. The Morgan fingerprint density at radius 1 is 0.545 bits per heavy atom. The number of hydrogen-bond donors (Lipinski definition) is 1. The van der Waals surface area contributed by atoms with E-state index in [1.807, 2.05) is 83.2 Å². The molecule has 77 heavy (non-hydrogen) atoms. The van der Waals surface area contributed by atoms with Crippen LogP contribution in [-0.4, -0.2) is 37.1 Å². The lowest BCUT2D eigenvalue weighted by molar-refractivity contribution is 0.774. The molecule has 8 heteroatoms. The van der Waals surface area contributed by atoms with Crippen molar-refractivity contribution < 1.29 is 0 Å². The van der Waals surface area contributed by atoms with Gasteiger partial charge in [0.25, 0.3) is 0 Å². The maximum atomic E-state index is 9.87. The SMILES string of the molecule is N=C(/N=C(\N=Cc1ccccc1)c1ccccc1)n1c2ccc(-c3cccc4c5c6ccccc6ccc5n(-c5nc6c(c(-c7ccccc7)n5)C5SC(c7ccccc7)=CC5C=C6)c34)cc2c2c3ccccc3ccc21. The van der Waals surface area contributed by atoms with Crippen LogP contribution in [0.3, 0.4) is 0 Å². The summed E-state index contributed by atoms with van der Waals surface area (Å²) in [5.74, 6) is 1.34. The first-order valence-electron chi connectivity index (χ1n) is 25.9. The second-order valence-electron chi connectivity index (χ2n) is 19.7. The van der Waals surface area contributed by atoms with Crippen LogP contribution in [0.2, 0.25) is 0 Å². The molecule has 0 saturated carbocycles. The fraction of sp³-hybridized carbons (Fsp3) is 0.0290. The predicted molar refractivity (Wildman–Crippen MR) is 323 cm³/mol. The van der Waals surface area contributed by atoms with Crippen LogP contribution in [0.5, 0.6) is 0 Å². The Morgan fingerprint density at radius 2 is 1.17 bits per heavy atom. The molecule has 13 aromatic rings. The van der Waals surface area contributed by atoms with Crippen molar-refractivity contribution in [3.63, 3.8) is 0 Å². The van der Waals surface area contributed by atoms with Crippen LogP contribution in [-0.2, 0) is 0 Å². The predicted octanol–water partition coefficient (Wildman–Crippen LogP) is 17.1. The molecule has 2 atom stereocenters. The van der Waals surface area contributed by atoms with Gasteiger partial charge in [0.05, 0.1) is 33.5 Å². The van der Waals surface area contributed by atoms with Gasteiger partial charge in [-0.3, -0.25) is 14.5 Å². The second kappa shape index (κ2) is 18.3. The van der Waals surface area contributed by atoms with Gasteiger partial charge in [0, 0.05) is 66.1 Å². The highest BCUT2D eigenvalue weighted by atomic mass is 32.2. The summed E-state index contributed by atoms with van der Waals surface area (Å²) >= 11 is 1.91. The molecule has 1 aliphatic carbocycles. The highest BCUT2D eigenvalue weighted by Crippen LogP contribution is 2.56. The Labute approximate surface area is 448 Å². The third kappa shape index (κ3) is 7.47. The molecule has 0 saturated heterocycles. The van der Waals surface area contributed by atoms with E-state index in [0.717, 1.165) is 99.2 Å². The number of thioether (sulfide) groups is 1. The topological polar surface area (TPSA) is 84.2 Å². The third-order valence-electron chi connectivity index (χ3n) is 15.2. The van der Waals surface area contributed by atoms with E-state index in [1.165, 1.54) is 21.2 Å². The van der Waals surface area contributed by atoms with E-state index in [0.29, 0.717) is 11.8 Å². The molecule has 10 aromatic carbocycles. The molecule has 2 unspecified atom stereocenters. The van der Waals surface area contributed by atoms with Gasteiger partial charge in [-0.1, -0.05) is 218 Å². The Balaban J connectivity index is 0.957. The highest BCUT2D eigenvalue weighted by molar-refractivity contribution is 8.08. The lowest BCUT2D eigenvalue weighted by Gasteiger charge is -2.25. The van der Waals surface area contributed by atoms with Crippen LogP contribution in [0, 0.1) is 11.3 Å². The zero-order valence-electron chi connectivity index (χ0n) is 41.5. The van der Waals surface area contributed by atoms with Gasteiger partial charge in [-0.15, -0.1) is 11.8 Å². The summed E-state index contributed by atoms with van der Waals surface area (Å²) in [7, 11) is 0. The molecule has 0 bridgehead atoms. The molecule has 7 nitrogen and oxygen atoms in total. The summed E-state index contributed by atoms with van der Waals surface area (Å²) in [5, 5.41) is 18.9. The van der Waals surface area contributed by atoms with Gasteiger partial charge in [-0.25, -0.2) is 15.0 Å². The smallest absolute Gasteiger partial charge is 0.235 e. The molecule has 0 spiro atoms. The number of nitrogens with zero attached hydrogens (tertiary/aromatic N) is 6. The molecule has 1 N–H and O–H groups in total. The molecule has 2 aliphatic rings.